The Labute approximate surface area is 125 Å². The van der Waals surface area contributed by atoms with Gasteiger partial charge in [0.1, 0.15) is 0 Å². The summed E-state index contributed by atoms with van der Waals surface area (Å²) in [5.74, 6) is -1.46. The average molecular weight is 290 g/mol. The highest BCUT2D eigenvalue weighted by atomic mass is 16.4. The van der Waals surface area contributed by atoms with E-state index in [0.29, 0.717) is 0 Å². The predicted octanol–water partition coefficient (Wildman–Crippen LogP) is 2.34. The van der Waals surface area contributed by atoms with Gasteiger partial charge in [0.15, 0.2) is 0 Å². The molecule has 0 saturated carbocycles. The molecule has 2 N–H and O–H groups in total. The highest BCUT2D eigenvalue weighted by Crippen LogP contribution is 2.31. The number of nitrogens with one attached hydrogen (secondary N) is 1. The maximum Gasteiger partial charge on any atom is 0.317 e. The van der Waals surface area contributed by atoms with Crippen molar-refractivity contribution in [2.24, 2.45) is 5.92 Å². The van der Waals surface area contributed by atoms with Gasteiger partial charge in [0.2, 0.25) is 0 Å². The lowest BCUT2D eigenvalue weighted by Gasteiger charge is -2.23. The van der Waals surface area contributed by atoms with Gasteiger partial charge in [-0.1, -0.05) is 30.7 Å². The summed E-state index contributed by atoms with van der Waals surface area (Å²) in [7, 11) is 1.62. The highest BCUT2D eigenvalue weighted by Gasteiger charge is 2.25. The number of carboxylic acids is 1. The molecule has 2 rings (SSSR count). The molecule has 114 valence electrons. The normalized spacial score (nSPS) is 18.0. The molecule has 0 radical (unpaired) electrons. The second-order valence-electron chi connectivity index (χ2n) is 5.86. The van der Waals surface area contributed by atoms with Crippen LogP contribution in [0.4, 0.5) is 4.79 Å². The van der Waals surface area contributed by atoms with Crippen LogP contribution >= 0.6 is 0 Å². The maximum absolute atomic E-state index is 12.2. The van der Waals surface area contributed by atoms with Gasteiger partial charge in [0.05, 0.1) is 12.0 Å². The summed E-state index contributed by atoms with van der Waals surface area (Å²) in [6.07, 6.45) is 1.87. The van der Waals surface area contributed by atoms with Gasteiger partial charge in [-0.15, -0.1) is 0 Å². The van der Waals surface area contributed by atoms with Crippen molar-refractivity contribution in [3.8, 4) is 0 Å². The third-order valence-electron chi connectivity index (χ3n) is 3.99. The lowest BCUT2D eigenvalue weighted by molar-refractivity contribution is -0.141. The molecule has 0 fully saturated rings. The monoisotopic (exact) mass is 290 g/mol. The third kappa shape index (κ3) is 3.54. The molecule has 2 amide bonds. The molecule has 0 aliphatic heterocycles. The first-order valence-corrected chi connectivity index (χ1v) is 7.22. The average Bonchev–Trinajstić information content (AvgIpc) is 2.80. The van der Waals surface area contributed by atoms with Crippen molar-refractivity contribution < 1.29 is 14.7 Å². The Morgan fingerprint density at radius 3 is 2.86 bits per heavy atom. The zero-order valence-electron chi connectivity index (χ0n) is 12.7. The van der Waals surface area contributed by atoms with Crippen molar-refractivity contribution in [1.82, 2.24) is 10.2 Å². The van der Waals surface area contributed by atoms with Gasteiger partial charge in [-0.2, -0.15) is 0 Å². The Morgan fingerprint density at radius 2 is 2.19 bits per heavy atom. The van der Waals surface area contributed by atoms with E-state index >= 15 is 0 Å². The van der Waals surface area contributed by atoms with Gasteiger partial charge >= 0.3 is 12.0 Å². The van der Waals surface area contributed by atoms with Gasteiger partial charge in [0.25, 0.3) is 0 Å². The van der Waals surface area contributed by atoms with Crippen LogP contribution in [-0.2, 0) is 11.2 Å². The first kappa shape index (κ1) is 15.4. The third-order valence-corrected chi connectivity index (χ3v) is 3.99. The second kappa shape index (κ2) is 6.16. The van der Waals surface area contributed by atoms with Gasteiger partial charge < -0.3 is 15.3 Å². The smallest absolute Gasteiger partial charge is 0.317 e. The first-order valence-electron chi connectivity index (χ1n) is 7.22. The molecule has 1 aromatic carbocycles. The Kier molecular flexibility index (Phi) is 4.50. The molecule has 2 atom stereocenters. The lowest BCUT2D eigenvalue weighted by Crippen LogP contribution is -2.41. The number of hydrogen-bond donors (Lipinski definition) is 2. The zero-order chi connectivity index (χ0) is 15.6. The quantitative estimate of drug-likeness (QED) is 0.894. The van der Waals surface area contributed by atoms with Crippen LogP contribution in [0.25, 0.3) is 0 Å². The number of rotatable bonds is 4. The molecule has 0 saturated heterocycles. The highest BCUT2D eigenvalue weighted by molar-refractivity contribution is 5.76. The molecule has 1 aliphatic rings. The molecule has 21 heavy (non-hydrogen) atoms. The number of urea groups is 1. The Morgan fingerprint density at radius 1 is 1.48 bits per heavy atom. The van der Waals surface area contributed by atoms with Crippen molar-refractivity contribution in [1.29, 1.82) is 0 Å². The van der Waals surface area contributed by atoms with Crippen LogP contribution in [0.3, 0.4) is 0 Å². The minimum atomic E-state index is -0.892. The number of carbonyl (C=O) groups is 2. The van der Waals surface area contributed by atoms with Gasteiger partial charge in [-0.3, -0.25) is 4.79 Å². The van der Waals surface area contributed by atoms with Crippen molar-refractivity contribution in [2.75, 3.05) is 13.6 Å². The molecule has 0 bridgehead atoms. The second-order valence-corrected chi connectivity index (χ2v) is 5.86. The molecule has 0 heterocycles. The number of amides is 2. The SMILES string of the molecule is Cc1ccc2c(c1)CCC2NC(=O)N(C)CC(C)C(=O)O. The molecule has 0 aromatic heterocycles. The van der Waals surface area contributed by atoms with Crippen LogP contribution in [0.2, 0.25) is 0 Å². The van der Waals surface area contributed by atoms with Gasteiger partial charge in [-0.25, -0.2) is 4.79 Å². The lowest BCUT2D eigenvalue weighted by atomic mass is 10.1. The Balaban J connectivity index is 1.97. The molecule has 5 heteroatoms. The minimum Gasteiger partial charge on any atom is -0.481 e. The van der Waals surface area contributed by atoms with Crippen LogP contribution in [0.5, 0.6) is 0 Å². The van der Waals surface area contributed by atoms with Crippen LogP contribution in [0, 0.1) is 12.8 Å². The van der Waals surface area contributed by atoms with Crippen LogP contribution in [0.1, 0.15) is 36.1 Å². The summed E-state index contributed by atoms with van der Waals surface area (Å²) >= 11 is 0. The number of benzene rings is 1. The van der Waals surface area contributed by atoms with E-state index in [2.05, 4.69) is 30.4 Å². The fraction of sp³-hybridized carbons (Fsp3) is 0.500. The van der Waals surface area contributed by atoms with E-state index < -0.39 is 11.9 Å². The number of aliphatic carboxylic acids is 1. The van der Waals surface area contributed by atoms with Crippen LogP contribution in [-0.4, -0.2) is 35.6 Å². The van der Waals surface area contributed by atoms with Crippen molar-refractivity contribution in [3.05, 3.63) is 34.9 Å². The number of carbonyl (C=O) groups excluding carboxylic acids is 1. The van der Waals surface area contributed by atoms with Crippen LogP contribution < -0.4 is 5.32 Å². The van der Waals surface area contributed by atoms with E-state index in [-0.39, 0.29) is 18.6 Å². The van der Waals surface area contributed by atoms with Crippen molar-refractivity contribution in [3.63, 3.8) is 0 Å². The summed E-state index contributed by atoms with van der Waals surface area (Å²) in [6.45, 7) is 3.86. The molecule has 2 unspecified atom stereocenters. The minimum absolute atomic E-state index is 0.0238. The maximum atomic E-state index is 12.2. The molecule has 5 nitrogen and oxygen atoms in total. The van der Waals surface area contributed by atoms with E-state index in [9.17, 15) is 9.59 Å². The fourth-order valence-electron chi connectivity index (χ4n) is 2.73. The summed E-state index contributed by atoms with van der Waals surface area (Å²) in [4.78, 5) is 24.4. The Bertz CT molecular complexity index is 556. The van der Waals surface area contributed by atoms with E-state index in [0.717, 1.165) is 12.8 Å². The van der Waals surface area contributed by atoms with E-state index in [1.165, 1.54) is 21.6 Å². The van der Waals surface area contributed by atoms with Gasteiger partial charge in [0, 0.05) is 13.6 Å². The fourth-order valence-corrected chi connectivity index (χ4v) is 2.73. The topological polar surface area (TPSA) is 69.6 Å². The molecular formula is C16H22N2O3. The number of hydrogen-bond acceptors (Lipinski definition) is 2. The van der Waals surface area contributed by atoms with Gasteiger partial charge in [-0.05, 0) is 30.9 Å². The van der Waals surface area contributed by atoms with E-state index in [4.69, 9.17) is 5.11 Å². The van der Waals surface area contributed by atoms with E-state index in [1.807, 2.05) is 0 Å². The zero-order valence-corrected chi connectivity index (χ0v) is 12.7. The van der Waals surface area contributed by atoms with Crippen LogP contribution in [0.15, 0.2) is 18.2 Å². The summed E-state index contributed by atoms with van der Waals surface area (Å²) in [6, 6.07) is 6.09. The standard InChI is InChI=1S/C16H22N2O3/c1-10-4-6-13-12(8-10)5-7-14(13)17-16(21)18(3)9-11(2)15(19)20/h4,6,8,11,14H,5,7,9H2,1-3H3,(H,17,21)(H,19,20). The van der Waals surface area contributed by atoms with Crippen molar-refractivity contribution in [2.45, 2.75) is 32.7 Å². The Hall–Kier alpha value is -2.04. The number of aryl methyl sites for hydroxylation is 2. The number of nitrogens with zero attached hydrogens (tertiary/aromatic N) is 1. The summed E-state index contributed by atoms with van der Waals surface area (Å²) in [5, 5.41) is 11.9. The summed E-state index contributed by atoms with van der Waals surface area (Å²) in [5.41, 5.74) is 3.70. The molecule has 1 aromatic rings. The molecule has 1 aliphatic carbocycles. The van der Waals surface area contributed by atoms with Crippen molar-refractivity contribution >= 4 is 12.0 Å². The summed E-state index contributed by atoms with van der Waals surface area (Å²) < 4.78 is 0. The predicted molar refractivity (Wildman–Crippen MR) is 80.2 cm³/mol. The largest absolute Gasteiger partial charge is 0.481 e. The first-order chi connectivity index (χ1) is 9.88. The number of carboxylic acid groups (broad SMARTS) is 1. The number of fused-ring (bicyclic) bond motifs is 1. The molecule has 0 spiro atoms. The van der Waals surface area contributed by atoms with E-state index in [1.54, 1.807) is 14.0 Å². The molecular weight excluding hydrogens is 268 g/mol.